The minimum Gasteiger partial charge on any atom is -0.411 e. The van der Waals surface area contributed by atoms with Gasteiger partial charge in [0.05, 0.1) is 10.7 Å². The molecule has 3 aromatic rings. The van der Waals surface area contributed by atoms with Gasteiger partial charge in [0.2, 0.25) is 5.91 Å². The van der Waals surface area contributed by atoms with Crippen LogP contribution < -0.4 is 5.32 Å². The Hall–Kier alpha value is -3.27. The first-order chi connectivity index (χ1) is 12.5. The van der Waals surface area contributed by atoms with E-state index in [9.17, 15) is 19.3 Å². The summed E-state index contributed by atoms with van der Waals surface area (Å²) in [5.74, 6) is -0.757. The van der Waals surface area contributed by atoms with Gasteiger partial charge in [-0.3, -0.25) is 14.9 Å². The minimum absolute atomic E-state index is 0.00116. The molecule has 3 rings (SSSR count). The molecule has 8 nitrogen and oxygen atoms in total. The Morgan fingerprint density at radius 3 is 2.65 bits per heavy atom. The number of amides is 1. The van der Waals surface area contributed by atoms with Crippen LogP contribution in [0.3, 0.4) is 0 Å². The van der Waals surface area contributed by atoms with Crippen LogP contribution in [0, 0.1) is 15.9 Å². The van der Waals surface area contributed by atoms with Crippen molar-refractivity contribution in [3.05, 3.63) is 64.5 Å². The standard InChI is InChI=1S/C16H11FN4O4S/c17-10-5-7-11(8-6-10)18-14(22)9-26-16-20-19-15(25-16)12-3-1-2-4-13(12)21(23)24/h1-8H,9H2,(H,18,22). The number of carbonyl (C=O) groups is 1. The second kappa shape index (κ2) is 7.74. The molecule has 0 spiro atoms. The lowest BCUT2D eigenvalue weighted by Crippen LogP contribution is -2.13. The molecule has 1 heterocycles. The number of nitrogens with one attached hydrogen (secondary N) is 1. The Morgan fingerprint density at radius 1 is 1.19 bits per heavy atom. The Bertz CT molecular complexity index is 945. The average Bonchev–Trinajstić information content (AvgIpc) is 3.11. The van der Waals surface area contributed by atoms with Crippen LogP contribution in [-0.2, 0) is 4.79 Å². The lowest BCUT2D eigenvalue weighted by Gasteiger charge is -2.03. The van der Waals surface area contributed by atoms with Gasteiger partial charge in [-0.05, 0) is 30.3 Å². The van der Waals surface area contributed by atoms with Gasteiger partial charge in [0.15, 0.2) is 0 Å². The van der Waals surface area contributed by atoms with Crippen molar-refractivity contribution in [1.29, 1.82) is 0 Å². The molecule has 26 heavy (non-hydrogen) atoms. The molecule has 0 aliphatic carbocycles. The zero-order valence-electron chi connectivity index (χ0n) is 13.1. The topological polar surface area (TPSA) is 111 Å². The maximum atomic E-state index is 12.8. The molecule has 0 aliphatic rings. The van der Waals surface area contributed by atoms with E-state index in [1.807, 2.05) is 0 Å². The van der Waals surface area contributed by atoms with Gasteiger partial charge in [-0.1, -0.05) is 23.9 Å². The van der Waals surface area contributed by atoms with Crippen molar-refractivity contribution < 1.29 is 18.5 Å². The second-order valence-electron chi connectivity index (χ2n) is 4.99. The van der Waals surface area contributed by atoms with Crippen molar-refractivity contribution in [2.24, 2.45) is 0 Å². The van der Waals surface area contributed by atoms with Crippen molar-refractivity contribution >= 4 is 29.0 Å². The van der Waals surface area contributed by atoms with E-state index < -0.39 is 10.7 Å². The van der Waals surface area contributed by atoms with Crippen molar-refractivity contribution in [3.63, 3.8) is 0 Å². The van der Waals surface area contributed by atoms with Crippen LogP contribution in [0.1, 0.15) is 0 Å². The Balaban J connectivity index is 1.63. The van der Waals surface area contributed by atoms with Crippen LogP contribution in [0.25, 0.3) is 11.5 Å². The fourth-order valence-electron chi connectivity index (χ4n) is 2.05. The molecule has 0 fully saturated rings. The Kier molecular flexibility index (Phi) is 5.23. The highest BCUT2D eigenvalue weighted by molar-refractivity contribution is 7.99. The number of para-hydroxylation sites is 1. The summed E-state index contributed by atoms with van der Waals surface area (Å²) in [6.07, 6.45) is 0. The van der Waals surface area contributed by atoms with Gasteiger partial charge in [0.25, 0.3) is 16.8 Å². The van der Waals surface area contributed by atoms with Gasteiger partial charge in [-0.2, -0.15) is 0 Å². The molecule has 2 aromatic carbocycles. The van der Waals surface area contributed by atoms with E-state index in [2.05, 4.69) is 15.5 Å². The molecule has 0 saturated heterocycles. The average molecular weight is 374 g/mol. The minimum atomic E-state index is -0.539. The van der Waals surface area contributed by atoms with Crippen LogP contribution in [0.15, 0.2) is 58.2 Å². The normalized spacial score (nSPS) is 10.5. The highest BCUT2D eigenvalue weighted by Gasteiger charge is 2.20. The molecule has 132 valence electrons. The third-order valence-electron chi connectivity index (χ3n) is 3.19. The van der Waals surface area contributed by atoms with E-state index >= 15 is 0 Å². The molecule has 0 radical (unpaired) electrons. The number of carbonyl (C=O) groups excluding carboxylic acids is 1. The SMILES string of the molecule is O=C(CSc1nnc(-c2ccccc2[N+](=O)[O-])o1)Nc1ccc(F)cc1. The number of nitro benzene ring substituents is 1. The molecule has 1 N–H and O–H groups in total. The molecule has 0 atom stereocenters. The lowest BCUT2D eigenvalue weighted by molar-refractivity contribution is -0.384. The van der Waals surface area contributed by atoms with Gasteiger partial charge in [0, 0.05) is 11.8 Å². The zero-order chi connectivity index (χ0) is 18.5. The van der Waals surface area contributed by atoms with E-state index in [1.54, 1.807) is 6.07 Å². The number of hydrogen-bond acceptors (Lipinski definition) is 7. The lowest BCUT2D eigenvalue weighted by atomic mass is 10.2. The summed E-state index contributed by atoms with van der Waals surface area (Å²) >= 11 is 0.984. The maximum absolute atomic E-state index is 12.8. The molecule has 10 heteroatoms. The van der Waals surface area contributed by atoms with E-state index in [4.69, 9.17) is 4.42 Å². The number of rotatable bonds is 6. The number of benzene rings is 2. The monoisotopic (exact) mass is 374 g/mol. The predicted molar refractivity (Wildman–Crippen MR) is 92.1 cm³/mol. The number of halogens is 1. The molecular formula is C16H11FN4O4S. The number of hydrogen-bond donors (Lipinski definition) is 1. The quantitative estimate of drug-likeness (QED) is 0.399. The summed E-state index contributed by atoms with van der Waals surface area (Å²) in [4.78, 5) is 22.4. The van der Waals surface area contributed by atoms with E-state index in [-0.39, 0.29) is 34.0 Å². The van der Waals surface area contributed by atoms with Crippen molar-refractivity contribution in [2.45, 2.75) is 5.22 Å². The van der Waals surface area contributed by atoms with Crippen LogP contribution in [0.2, 0.25) is 0 Å². The smallest absolute Gasteiger partial charge is 0.282 e. The van der Waals surface area contributed by atoms with Gasteiger partial charge in [-0.25, -0.2) is 4.39 Å². The van der Waals surface area contributed by atoms with Gasteiger partial charge in [0.1, 0.15) is 11.4 Å². The maximum Gasteiger partial charge on any atom is 0.282 e. The van der Waals surface area contributed by atoms with Gasteiger partial charge < -0.3 is 9.73 Å². The summed E-state index contributed by atoms with van der Waals surface area (Å²) in [7, 11) is 0. The van der Waals surface area contributed by atoms with E-state index in [0.717, 1.165) is 11.8 Å². The van der Waals surface area contributed by atoms with Crippen molar-refractivity contribution in [3.8, 4) is 11.5 Å². The summed E-state index contributed by atoms with van der Waals surface area (Å²) in [5.41, 5.74) is 0.512. The summed E-state index contributed by atoms with van der Waals surface area (Å²) < 4.78 is 18.2. The fourth-order valence-corrected chi connectivity index (χ4v) is 2.61. The zero-order valence-corrected chi connectivity index (χ0v) is 13.9. The van der Waals surface area contributed by atoms with Crippen LogP contribution in [-0.4, -0.2) is 26.8 Å². The second-order valence-corrected chi connectivity index (χ2v) is 5.92. The van der Waals surface area contributed by atoms with Gasteiger partial charge in [-0.15, -0.1) is 10.2 Å². The molecular weight excluding hydrogens is 363 g/mol. The van der Waals surface area contributed by atoms with E-state index in [0.29, 0.717) is 5.69 Å². The highest BCUT2D eigenvalue weighted by Crippen LogP contribution is 2.30. The van der Waals surface area contributed by atoms with Gasteiger partial charge >= 0.3 is 0 Å². The predicted octanol–water partition coefficient (Wildman–Crippen LogP) is 3.51. The number of nitro groups is 1. The third-order valence-corrected chi connectivity index (χ3v) is 4.01. The molecule has 0 unspecified atom stereocenters. The third kappa shape index (κ3) is 4.22. The number of thioether (sulfide) groups is 1. The first kappa shape index (κ1) is 17.5. The molecule has 0 aliphatic heterocycles. The van der Waals surface area contributed by atoms with E-state index in [1.165, 1.54) is 42.5 Å². The fraction of sp³-hybridized carbons (Fsp3) is 0.0625. The van der Waals surface area contributed by atoms with Crippen LogP contribution >= 0.6 is 11.8 Å². The van der Waals surface area contributed by atoms with Crippen molar-refractivity contribution in [2.75, 3.05) is 11.1 Å². The summed E-state index contributed by atoms with van der Waals surface area (Å²) in [6.45, 7) is 0. The summed E-state index contributed by atoms with van der Waals surface area (Å²) in [5, 5.41) is 21.3. The molecule has 1 aromatic heterocycles. The Labute approximate surface area is 150 Å². The first-order valence-corrected chi connectivity index (χ1v) is 8.27. The Morgan fingerprint density at radius 2 is 1.92 bits per heavy atom. The highest BCUT2D eigenvalue weighted by atomic mass is 32.2. The number of nitrogens with zero attached hydrogens (tertiary/aromatic N) is 3. The largest absolute Gasteiger partial charge is 0.411 e. The molecule has 0 bridgehead atoms. The first-order valence-electron chi connectivity index (χ1n) is 7.28. The molecule has 1 amide bonds. The number of anilines is 1. The van der Waals surface area contributed by atoms with Crippen molar-refractivity contribution in [1.82, 2.24) is 10.2 Å². The summed E-state index contributed by atoms with van der Waals surface area (Å²) in [6, 6.07) is 11.3. The van der Waals surface area contributed by atoms with Crippen LogP contribution in [0.5, 0.6) is 0 Å². The molecule has 0 saturated carbocycles. The van der Waals surface area contributed by atoms with Crippen LogP contribution in [0.4, 0.5) is 15.8 Å². The number of aromatic nitrogens is 2.